The highest BCUT2D eigenvalue weighted by atomic mass is 32.2. The van der Waals surface area contributed by atoms with E-state index in [1.54, 1.807) is 19.1 Å². The van der Waals surface area contributed by atoms with Crippen LogP contribution in [-0.2, 0) is 14.8 Å². The molecule has 0 saturated heterocycles. The van der Waals surface area contributed by atoms with Crippen LogP contribution in [0.1, 0.15) is 13.8 Å². The Kier molecular flexibility index (Phi) is 4.97. The van der Waals surface area contributed by atoms with E-state index in [4.69, 9.17) is 10.5 Å². The van der Waals surface area contributed by atoms with Crippen molar-refractivity contribution in [1.29, 1.82) is 0 Å². The molecule has 0 bridgehead atoms. The second kappa shape index (κ2) is 7.07. The minimum absolute atomic E-state index is 0.0516. The molecule has 3 rings (SSSR count). The van der Waals surface area contributed by atoms with Gasteiger partial charge in [-0.25, -0.2) is 12.8 Å². The van der Waals surface area contributed by atoms with E-state index in [0.717, 1.165) is 12.1 Å². The third kappa shape index (κ3) is 3.68. The van der Waals surface area contributed by atoms with Gasteiger partial charge in [-0.05, 0) is 49.4 Å². The molecule has 0 saturated carbocycles. The highest BCUT2D eigenvalue weighted by Gasteiger charge is 2.40. The van der Waals surface area contributed by atoms with Gasteiger partial charge in [0.15, 0.2) is 0 Å². The number of carbonyl (C=O) groups excluding carboxylic acids is 1. The Morgan fingerprint density at radius 3 is 2.56 bits per heavy atom. The van der Waals surface area contributed by atoms with Crippen molar-refractivity contribution in [3.05, 3.63) is 48.3 Å². The van der Waals surface area contributed by atoms with Gasteiger partial charge in [0.1, 0.15) is 17.7 Å². The highest BCUT2D eigenvalue weighted by Crippen LogP contribution is 2.40. The summed E-state index contributed by atoms with van der Waals surface area (Å²) in [5.74, 6) is -0.442. The Morgan fingerprint density at radius 2 is 1.93 bits per heavy atom. The summed E-state index contributed by atoms with van der Waals surface area (Å²) >= 11 is 0. The first-order valence-electron chi connectivity index (χ1n) is 8.31. The monoisotopic (exact) mass is 393 g/mol. The number of nitrogens with one attached hydrogen (secondary N) is 1. The number of anilines is 2. The van der Waals surface area contributed by atoms with Gasteiger partial charge in [0.25, 0.3) is 10.0 Å². The number of benzene rings is 2. The molecule has 2 aromatic rings. The summed E-state index contributed by atoms with van der Waals surface area (Å²) in [7, 11) is -4.01. The fraction of sp³-hybridized carbons (Fsp3) is 0.278. The number of nitrogens with zero attached hydrogens (tertiary/aromatic N) is 1. The maximum Gasteiger partial charge on any atom is 0.264 e. The Bertz CT molecular complexity index is 963. The topological polar surface area (TPSA) is 102 Å². The van der Waals surface area contributed by atoms with Gasteiger partial charge in [-0.3, -0.25) is 9.10 Å². The van der Waals surface area contributed by atoms with Crippen LogP contribution >= 0.6 is 0 Å². The van der Waals surface area contributed by atoms with E-state index in [-0.39, 0.29) is 17.3 Å². The maximum atomic E-state index is 13.3. The Labute approximate surface area is 157 Å². The van der Waals surface area contributed by atoms with E-state index in [1.165, 1.54) is 29.4 Å². The van der Waals surface area contributed by atoms with Gasteiger partial charge in [-0.2, -0.15) is 0 Å². The molecule has 0 aliphatic carbocycles. The van der Waals surface area contributed by atoms with Crippen LogP contribution in [0.25, 0.3) is 0 Å². The third-order valence-electron chi connectivity index (χ3n) is 4.33. The van der Waals surface area contributed by atoms with E-state index in [0.29, 0.717) is 17.1 Å². The molecule has 0 aromatic heterocycles. The Balaban J connectivity index is 2.09. The molecule has 2 aromatic carbocycles. The number of ether oxygens (including phenoxy) is 1. The summed E-state index contributed by atoms with van der Waals surface area (Å²) in [5, 5.41) is 2.65. The van der Waals surface area contributed by atoms with Gasteiger partial charge >= 0.3 is 0 Å². The van der Waals surface area contributed by atoms with Crippen molar-refractivity contribution in [2.75, 3.05) is 16.6 Å². The number of hydrogen-bond acceptors (Lipinski definition) is 5. The lowest BCUT2D eigenvalue weighted by Gasteiger charge is -2.41. The van der Waals surface area contributed by atoms with Crippen LogP contribution in [0.3, 0.4) is 0 Å². The molecule has 1 aliphatic rings. The summed E-state index contributed by atoms with van der Waals surface area (Å²) in [4.78, 5) is 11.2. The predicted octanol–water partition coefficient (Wildman–Crippen LogP) is 1.89. The number of nitrogen functional groups attached to an aromatic ring is 1. The number of nitrogens with two attached hydrogens (primary N) is 1. The van der Waals surface area contributed by atoms with Crippen molar-refractivity contribution in [1.82, 2.24) is 5.32 Å². The molecular weight excluding hydrogens is 373 g/mol. The van der Waals surface area contributed by atoms with Gasteiger partial charge in [0, 0.05) is 12.6 Å². The quantitative estimate of drug-likeness (QED) is 0.773. The summed E-state index contributed by atoms with van der Waals surface area (Å²) < 4.78 is 46.9. The Hall–Kier alpha value is -2.81. The average Bonchev–Trinajstić information content (AvgIpc) is 2.60. The van der Waals surface area contributed by atoms with Gasteiger partial charge in [-0.1, -0.05) is 0 Å². The summed E-state index contributed by atoms with van der Waals surface area (Å²) in [6, 6.07) is 8.67. The lowest BCUT2D eigenvalue weighted by atomic mass is 10.1. The van der Waals surface area contributed by atoms with Crippen molar-refractivity contribution in [2.24, 2.45) is 0 Å². The SMILES string of the molecule is CC(=O)NC[C@@H]1Oc2ccc(N)cc2N(S(=O)(=O)c2ccc(F)cc2)[C@@H]1C. The molecule has 3 N–H and O–H groups in total. The first kappa shape index (κ1) is 19.0. The second-order valence-corrected chi connectivity index (χ2v) is 8.13. The van der Waals surface area contributed by atoms with Gasteiger partial charge in [0.2, 0.25) is 5.91 Å². The molecule has 0 unspecified atom stereocenters. The minimum Gasteiger partial charge on any atom is -0.484 e. The molecule has 0 fully saturated rings. The van der Waals surface area contributed by atoms with Crippen LogP contribution in [-0.4, -0.2) is 33.0 Å². The zero-order chi connectivity index (χ0) is 19.8. The summed E-state index contributed by atoms with van der Waals surface area (Å²) in [5.41, 5.74) is 6.52. The van der Waals surface area contributed by atoms with Gasteiger partial charge < -0.3 is 15.8 Å². The lowest BCUT2D eigenvalue weighted by molar-refractivity contribution is -0.119. The fourth-order valence-electron chi connectivity index (χ4n) is 2.96. The van der Waals surface area contributed by atoms with Crippen molar-refractivity contribution >= 4 is 27.3 Å². The number of halogens is 1. The second-order valence-electron chi connectivity index (χ2n) is 6.32. The van der Waals surface area contributed by atoms with Crippen molar-refractivity contribution in [3.63, 3.8) is 0 Å². The molecule has 1 amide bonds. The summed E-state index contributed by atoms with van der Waals surface area (Å²) in [6.07, 6.45) is -0.611. The first-order chi connectivity index (χ1) is 12.7. The molecular formula is C18H20FN3O4S. The minimum atomic E-state index is -4.01. The fourth-order valence-corrected chi connectivity index (χ4v) is 4.65. The van der Waals surface area contributed by atoms with E-state index in [1.807, 2.05) is 0 Å². The van der Waals surface area contributed by atoms with E-state index >= 15 is 0 Å². The van der Waals surface area contributed by atoms with Crippen LogP contribution in [0.2, 0.25) is 0 Å². The molecule has 144 valence electrons. The zero-order valence-electron chi connectivity index (χ0n) is 14.8. The summed E-state index contributed by atoms with van der Waals surface area (Å²) in [6.45, 7) is 3.19. The van der Waals surface area contributed by atoms with Crippen LogP contribution in [0.15, 0.2) is 47.4 Å². The van der Waals surface area contributed by atoms with Crippen LogP contribution in [0.5, 0.6) is 5.75 Å². The van der Waals surface area contributed by atoms with E-state index < -0.39 is 28.0 Å². The van der Waals surface area contributed by atoms with E-state index in [9.17, 15) is 17.6 Å². The molecule has 9 heteroatoms. The normalized spacial score (nSPS) is 19.1. The standard InChI is InChI=1S/C18H20FN3O4S/c1-11-18(10-21-12(2)23)26-17-8-5-14(20)9-16(17)22(11)27(24,25)15-6-3-13(19)4-7-15/h3-9,11,18H,10,20H2,1-2H3,(H,21,23)/t11-,18+/m1/s1. The van der Waals surface area contributed by atoms with Crippen LogP contribution in [0, 0.1) is 5.82 Å². The number of carbonyl (C=O) groups is 1. The number of amides is 1. The smallest absolute Gasteiger partial charge is 0.264 e. The first-order valence-corrected chi connectivity index (χ1v) is 9.75. The zero-order valence-corrected chi connectivity index (χ0v) is 15.7. The van der Waals surface area contributed by atoms with Gasteiger partial charge in [0.05, 0.1) is 23.2 Å². The number of fused-ring (bicyclic) bond motifs is 1. The molecule has 2 atom stereocenters. The number of rotatable bonds is 4. The van der Waals surface area contributed by atoms with Crippen molar-refractivity contribution < 1.29 is 22.3 Å². The molecule has 27 heavy (non-hydrogen) atoms. The third-order valence-corrected chi connectivity index (χ3v) is 6.24. The molecule has 0 spiro atoms. The lowest BCUT2D eigenvalue weighted by Crippen LogP contribution is -2.54. The van der Waals surface area contributed by atoms with Crippen molar-refractivity contribution in [3.8, 4) is 5.75 Å². The molecule has 7 nitrogen and oxygen atoms in total. The number of hydrogen-bond donors (Lipinski definition) is 2. The highest BCUT2D eigenvalue weighted by molar-refractivity contribution is 7.92. The maximum absolute atomic E-state index is 13.3. The molecule has 1 heterocycles. The molecule has 0 radical (unpaired) electrons. The predicted molar refractivity (Wildman–Crippen MR) is 99.5 cm³/mol. The Morgan fingerprint density at radius 1 is 1.26 bits per heavy atom. The van der Waals surface area contributed by atoms with Crippen molar-refractivity contribution in [2.45, 2.75) is 30.9 Å². The largest absolute Gasteiger partial charge is 0.484 e. The molecule has 1 aliphatic heterocycles. The van der Waals surface area contributed by atoms with Crippen LogP contribution in [0.4, 0.5) is 15.8 Å². The van der Waals surface area contributed by atoms with E-state index in [2.05, 4.69) is 5.32 Å². The average molecular weight is 393 g/mol. The van der Waals surface area contributed by atoms with Gasteiger partial charge in [-0.15, -0.1) is 0 Å². The van der Waals surface area contributed by atoms with Crippen LogP contribution < -0.4 is 20.1 Å². The number of sulfonamides is 1.